The summed E-state index contributed by atoms with van der Waals surface area (Å²) in [6, 6.07) is 15.3. The molecule has 3 aromatic rings. The molecule has 2 amide bonds. The van der Waals surface area contributed by atoms with Crippen molar-refractivity contribution < 1.29 is 9.59 Å². The number of nitrogens with zero attached hydrogens (tertiary/aromatic N) is 2. The lowest BCUT2D eigenvalue weighted by atomic mass is 9.95. The molecule has 32 heavy (non-hydrogen) atoms. The first-order valence-electron chi connectivity index (χ1n) is 11.1. The zero-order chi connectivity index (χ0) is 22.1. The first-order chi connectivity index (χ1) is 15.6. The van der Waals surface area contributed by atoms with E-state index >= 15 is 0 Å². The van der Waals surface area contributed by atoms with E-state index in [1.165, 1.54) is 11.1 Å². The number of carbonyl (C=O) groups excluding carboxylic acids is 2. The number of nitrogens with two attached hydrogens (primary N) is 1. The molecule has 5 rings (SSSR count). The van der Waals surface area contributed by atoms with Gasteiger partial charge in [0.1, 0.15) is 11.9 Å². The maximum atomic E-state index is 13.2. The Hall–Kier alpha value is -3.45. The van der Waals surface area contributed by atoms with E-state index in [-0.39, 0.29) is 17.9 Å². The van der Waals surface area contributed by atoms with Crippen molar-refractivity contribution >= 4 is 28.4 Å². The molecule has 3 heterocycles. The van der Waals surface area contributed by atoms with Gasteiger partial charge in [0.2, 0.25) is 11.8 Å². The van der Waals surface area contributed by atoms with Crippen LogP contribution in [0.15, 0.2) is 54.7 Å². The van der Waals surface area contributed by atoms with Crippen molar-refractivity contribution in [1.82, 2.24) is 20.5 Å². The number of amides is 2. The van der Waals surface area contributed by atoms with Crippen LogP contribution in [0.4, 0.5) is 5.82 Å². The Morgan fingerprint density at radius 1 is 1.16 bits per heavy atom. The standard InChI is InChI=1S/C25H27N5O2/c26-23-20-8-7-16(12-18(20)9-10-27-23)14-29-24(31)22-6-3-11-30(22)25(32)21-13-17-4-1-2-5-19(17)15-28-21/h1-2,4-5,7-10,12,21-22,28H,3,6,11,13-15H2,(H2,26,27)(H,29,31)/t21-,22+/m1/s1. The molecule has 7 heteroatoms. The lowest BCUT2D eigenvalue weighted by molar-refractivity contribution is -0.140. The van der Waals surface area contributed by atoms with Gasteiger partial charge in [-0.2, -0.15) is 0 Å². The summed E-state index contributed by atoms with van der Waals surface area (Å²) in [5.41, 5.74) is 9.35. The number of rotatable bonds is 4. The second-order valence-electron chi connectivity index (χ2n) is 8.57. The van der Waals surface area contributed by atoms with Gasteiger partial charge in [-0.3, -0.25) is 9.59 Å². The number of anilines is 1. The third-order valence-corrected chi connectivity index (χ3v) is 6.54. The third-order valence-electron chi connectivity index (χ3n) is 6.54. The highest BCUT2D eigenvalue weighted by atomic mass is 16.2. The molecule has 2 atom stereocenters. The van der Waals surface area contributed by atoms with Gasteiger partial charge in [0, 0.05) is 31.2 Å². The number of aromatic nitrogens is 1. The van der Waals surface area contributed by atoms with Crippen LogP contribution in [0.25, 0.3) is 10.8 Å². The fourth-order valence-corrected chi connectivity index (χ4v) is 4.80. The fraction of sp³-hybridized carbons (Fsp3) is 0.320. The van der Waals surface area contributed by atoms with E-state index in [0.717, 1.165) is 22.8 Å². The average Bonchev–Trinajstić information content (AvgIpc) is 3.32. The first kappa shape index (κ1) is 20.5. The molecule has 2 aliphatic heterocycles. The number of likely N-dealkylation sites (tertiary alicyclic amines) is 1. The highest BCUT2D eigenvalue weighted by Crippen LogP contribution is 2.23. The third kappa shape index (κ3) is 3.91. The van der Waals surface area contributed by atoms with Crippen LogP contribution < -0.4 is 16.4 Å². The van der Waals surface area contributed by atoms with E-state index in [2.05, 4.69) is 27.8 Å². The average molecular weight is 430 g/mol. The molecule has 2 aromatic carbocycles. The smallest absolute Gasteiger partial charge is 0.243 e. The van der Waals surface area contributed by atoms with Crippen molar-refractivity contribution in [2.45, 2.75) is 44.4 Å². The zero-order valence-corrected chi connectivity index (χ0v) is 17.9. The maximum Gasteiger partial charge on any atom is 0.243 e. The Labute approximate surface area is 187 Å². The number of hydrogen-bond acceptors (Lipinski definition) is 5. The van der Waals surface area contributed by atoms with Gasteiger partial charge in [0.25, 0.3) is 0 Å². The summed E-state index contributed by atoms with van der Waals surface area (Å²) in [6.45, 7) is 1.71. The van der Waals surface area contributed by atoms with Crippen LogP contribution in [-0.4, -0.2) is 40.3 Å². The van der Waals surface area contributed by atoms with Crippen LogP contribution >= 0.6 is 0 Å². The highest BCUT2D eigenvalue weighted by Gasteiger charge is 2.37. The second kappa shape index (κ2) is 8.59. The van der Waals surface area contributed by atoms with Crippen LogP contribution in [0.5, 0.6) is 0 Å². The van der Waals surface area contributed by atoms with E-state index in [0.29, 0.717) is 38.3 Å². The molecule has 1 saturated heterocycles. The molecule has 0 aliphatic carbocycles. The summed E-state index contributed by atoms with van der Waals surface area (Å²) < 4.78 is 0. The van der Waals surface area contributed by atoms with Crippen LogP contribution in [0.2, 0.25) is 0 Å². The van der Waals surface area contributed by atoms with Gasteiger partial charge < -0.3 is 21.3 Å². The fourth-order valence-electron chi connectivity index (χ4n) is 4.80. The summed E-state index contributed by atoms with van der Waals surface area (Å²) >= 11 is 0. The highest BCUT2D eigenvalue weighted by molar-refractivity contribution is 5.92. The van der Waals surface area contributed by atoms with Crippen molar-refractivity contribution in [3.63, 3.8) is 0 Å². The van der Waals surface area contributed by atoms with E-state index in [9.17, 15) is 9.59 Å². The van der Waals surface area contributed by atoms with Crippen molar-refractivity contribution in [3.8, 4) is 0 Å². The normalized spacial score (nSPS) is 20.2. The predicted octanol–water partition coefficient (Wildman–Crippen LogP) is 2.14. The van der Waals surface area contributed by atoms with Gasteiger partial charge in [-0.15, -0.1) is 0 Å². The number of fused-ring (bicyclic) bond motifs is 2. The summed E-state index contributed by atoms with van der Waals surface area (Å²) in [4.78, 5) is 32.1. The molecule has 2 aliphatic rings. The minimum atomic E-state index is -0.415. The monoisotopic (exact) mass is 429 g/mol. The Morgan fingerprint density at radius 3 is 2.88 bits per heavy atom. The SMILES string of the molecule is Nc1nccc2cc(CNC(=O)[C@@H]3CCCN3C(=O)[C@H]3Cc4ccccc4CN3)ccc12. The van der Waals surface area contributed by atoms with Crippen molar-refractivity contribution in [3.05, 3.63) is 71.4 Å². The van der Waals surface area contributed by atoms with E-state index < -0.39 is 6.04 Å². The molecular weight excluding hydrogens is 402 g/mol. The number of hydrogen-bond donors (Lipinski definition) is 3. The summed E-state index contributed by atoms with van der Waals surface area (Å²) in [7, 11) is 0. The Bertz CT molecular complexity index is 1180. The largest absolute Gasteiger partial charge is 0.383 e. The van der Waals surface area contributed by atoms with Crippen LogP contribution in [-0.2, 0) is 29.1 Å². The molecule has 0 saturated carbocycles. The molecule has 164 valence electrons. The number of nitrogen functional groups attached to an aromatic ring is 1. The summed E-state index contributed by atoms with van der Waals surface area (Å²) in [5.74, 6) is 0.421. The van der Waals surface area contributed by atoms with Gasteiger partial charge in [0.15, 0.2) is 0 Å². The number of pyridine rings is 1. The Kier molecular flexibility index (Phi) is 5.49. The molecule has 0 spiro atoms. The first-order valence-corrected chi connectivity index (χ1v) is 11.1. The minimum Gasteiger partial charge on any atom is -0.383 e. The van der Waals surface area contributed by atoms with Gasteiger partial charge in [-0.1, -0.05) is 36.4 Å². The molecule has 7 nitrogen and oxygen atoms in total. The zero-order valence-electron chi connectivity index (χ0n) is 17.9. The van der Waals surface area contributed by atoms with E-state index in [1.807, 2.05) is 36.4 Å². The Morgan fingerprint density at radius 2 is 2.00 bits per heavy atom. The van der Waals surface area contributed by atoms with Crippen LogP contribution in [0.3, 0.4) is 0 Å². The lowest BCUT2D eigenvalue weighted by Crippen LogP contribution is -2.54. The number of carbonyl (C=O) groups is 2. The molecule has 4 N–H and O–H groups in total. The quantitative estimate of drug-likeness (QED) is 0.590. The van der Waals surface area contributed by atoms with E-state index in [4.69, 9.17) is 5.73 Å². The van der Waals surface area contributed by atoms with Gasteiger partial charge >= 0.3 is 0 Å². The van der Waals surface area contributed by atoms with E-state index in [1.54, 1.807) is 11.1 Å². The van der Waals surface area contributed by atoms with Gasteiger partial charge in [0.05, 0.1) is 6.04 Å². The minimum absolute atomic E-state index is 0.0193. The summed E-state index contributed by atoms with van der Waals surface area (Å²) in [6.07, 6.45) is 3.88. The van der Waals surface area contributed by atoms with Crippen LogP contribution in [0, 0.1) is 0 Å². The van der Waals surface area contributed by atoms with Crippen LogP contribution in [0.1, 0.15) is 29.5 Å². The summed E-state index contributed by atoms with van der Waals surface area (Å²) in [5, 5.41) is 8.27. The molecule has 0 unspecified atom stereocenters. The molecule has 1 fully saturated rings. The molecule has 0 bridgehead atoms. The second-order valence-corrected chi connectivity index (χ2v) is 8.57. The maximum absolute atomic E-state index is 13.2. The molecule has 1 aromatic heterocycles. The Balaban J connectivity index is 1.23. The van der Waals surface area contributed by atoms with Gasteiger partial charge in [-0.05, 0) is 53.5 Å². The predicted molar refractivity (Wildman–Crippen MR) is 124 cm³/mol. The van der Waals surface area contributed by atoms with Crippen molar-refractivity contribution in [2.75, 3.05) is 12.3 Å². The number of benzene rings is 2. The number of nitrogens with one attached hydrogen (secondary N) is 2. The molecular formula is C25H27N5O2. The lowest BCUT2D eigenvalue weighted by Gasteiger charge is -2.31. The molecule has 0 radical (unpaired) electrons. The van der Waals surface area contributed by atoms with Crippen molar-refractivity contribution in [2.24, 2.45) is 0 Å². The topological polar surface area (TPSA) is 100 Å². The van der Waals surface area contributed by atoms with Crippen molar-refractivity contribution in [1.29, 1.82) is 0 Å². The van der Waals surface area contributed by atoms with Gasteiger partial charge in [-0.25, -0.2) is 4.98 Å².